The van der Waals surface area contributed by atoms with Crippen molar-refractivity contribution in [2.75, 3.05) is 6.54 Å². The van der Waals surface area contributed by atoms with Crippen molar-refractivity contribution >= 4 is 5.84 Å². The quantitative estimate of drug-likeness (QED) is 0.747. The van der Waals surface area contributed by atoms with Crippen LogP contribution in [-0.2, 0) is 0 Å². The lowest BCUT2D eigenvalue weighted by atomic mass is 9.91. The van der Waals surface area contributed by atoms with E-state index in [0.717, 1.165) is 25.2 Å². The largest absolute Gasteiger partial charge is 0.387 e. The molecular weight excluding hydrogens is 184 g/mol. The minimum atomic E-state index is 0.567. The molecule has 1 unspecified atom stereocenters. The number of hydrogen-bond donors (Lipinski definition) is 1. The number of hydrogen-bond acceptors (Lipinski definition) is 2. The normalized spacial score (nSPS) is 21.9. The Balaban J connectivity index is 2.16. The monoisotopic (exact) mass is 202 g/mol. The summed E-state index contributed by atoms with van der Waals surface area (Å²) in [6.45, 7) is 3.01. The number of nitrogens with two attached hydrogens (primary N) is 1. The predicted molar refractivity (Wildman–Crippen MR) is 64.3 cm³/mol. The zero-order valence-electron chi connectivity index (χ0n) is 9.24. The Hall–Kier alpha value is -1.31. The summed E-state index contributed by atoms with van der Waals surface area (Å²) in [5, 5.41) is 0. The maximum atomic E-state index is 5.84. The first-order chi connectivity index (χ1) is 7.25. The zero-order chi connectivity index (χ0) is 10.7. The van der Waals surface area contributed by atoms with E-state index in [1.807, 2.05) is 0 Å². The van der Waals surface area contributed by atoms with Gasteiger partial charge in [0.2, 0.25) is 0 Å². The molecule has 0 amide bonds. The molecular formula is C13H18N2. The molecule has 0 saturated heterocycles. The van der Waals surface area contributed by atoms with E-state index >= 15 is 0 Å². The van der Waals surface area contributed by atoms with Gasteiger partial charge in [-0.15, -0.1) is 0 Å². The first-order valence-electron chi connectivity index (χ1n) is 5.61. The SMILES string of the molecule is Cc1ccc(C2CCCN=C(N)C2)cc1. The van der Waals surface area contributed by atoms with Gasteiger partial charge < -0.3 is 5.73 Å². The van der Waals surface area contributed by atoms with Crippen LogP contribution in [0.25, 0.3) is 0 Å². The van der Waals surface area contributed by atoms with E-state index in [4.69, 9.17) is 5.73 Å². The summed E-state index contributed by atoms with van der Waals surface area (Å²) in [5.74, 6) is 1.38. The summed E-state index contributed by atoms with van der Waals surface area (Å²) in [7, 11) is 0. The van der Waals surface area contributed by atoms with Crippen LogP contribution < -0.4 is 5.73 Å². The second-order valence-corrected chi connectivity index (χ2v) is 4.33. The molecule has 0 aromatic heterocycles. The van der Waals surface area contributed by atoms with Crippen molar-refractivity contribution in [1.82, 2.24) is 0 Å². The third-order valence-corrected chi connectivity index (χ3v) is 3.03. The molecule has 15 heavy (non-hydrogen) atoms. The fourth-order valence-electron chi connectivity index (χ4n) is 2.10. The molecule has 0 aliphatic carbocycles. The highest BCUT2D eigenvalue weighted by molar-refractivity contribution is 5.81. The molecule has 2 nitrogen and oxygen atoms in total. The van der Waals surface area contributed by atoms with Crippen LogP contribution in [0.15, 0.2) is 29.3 Å². The molecule has 2 rings (SSSR count). The molecule has 1 heterocycles. The number of nitrogens with zero attached hydrogens (tertiary/aromatic N) is 1. The molecule has 1 aromatic rings. The van der Waals surface area contributed by atoms with E-state index in [2.05, 4.69) is 36.2 Å². The maximum Gasteiger partial charge on any atom is 0.0943 e. The molecule has 1 aliphatic heterocycles. The summed E-state index contributed by atoms with van der Waals surface area (Å²) in [6, 6.07) is 8.79. The fraction of sp³-hybridized carbons (Fsp3) is 0.462. The summed E-state index contributed by atoms with van der Waals surface area (Å²) in [6.07, 6.45) is 3.27. The zero-order valence-corrected chi connectivity index (χ0v) is 9.24. The highest BCUT2D eigenvalue weighted by atomic mass is 14.8. The van der Waals surface area contributed by atoms with E-state index in [0.29, 0.717) is 5.92 Å². The van der Waals surface area contributed by atoms with Crippen molar-refractivity contribution in [2.24, 2.45) is 10.7 Å². The van der Waals surface area contributed by atoms with Gasteiger partial charge in [-0.1, -0.05) is 29.8 Å². The van der Waals surface area contributed by atoms with Crippen LogP contribution >= 0.6 is 0 Å². The Labute approximate surface area is 91.2 Å². The van der Waals surface area contributed by atoms with Gasteiger partial charge in [0.25, 0.3) is 0 Å². The topological polar surface area (TPSA) is 38.4 Å². The molecule has 1 aromatic carbocycles. The average molecular weight is 202 g/mol. The van der Waals surface area contributed by atoms with Gasteiger partial charge in [-0.2, -0.15) is 0 Å². The van der Waals surface area contributed by atoms with Crippen molar-refractivity contribution in [1.29, 1.82) is 0 Å². The lowest BCUT2D eigenvalue weighted by Gasteiger charge is -2.14. The second-order valence-electron chi connectivity index (χ2n) is 4.33. The lowest BCUT2D eigenvalue weighted by molar-refractivity contribution is 0.633. The van der Waals surface area contributed by atoms with E-state index in [1.165, 1.54) is 17.5 Å². The molecule has 2 heteroatoms. The van der Waals surface area contributed by atoms with Gasteiger partial charge in [0.15, 0.2) is 0 Å². The Kier molecular flexibility index (Phi) is 3.05. The molecule has 2 N–H and O–H groups in total. The highest BCUT2D eigenvalue weighted by Gasteiger charge is 2.15. The molecule has 0 fully saturated rings. The van der Waals surface area contributed by atoms with Crippen molar-refractivity contribution < 1.29 is 0 Å². The maximum absolute atomic E-state index is 5.84. The smallest absolute Gasteiger partial charge is 0.0943 e. The highest BCUT2D eigenvalue weighted by Crippen LogP contribution is 2.26. The lowest BCUT2D eigenvalue weighted by Crippen LogP contribution is -2.14. The van der Waals surface area contributed by atoms with Gasteiger partial charge in [0, 0.05) is 13.0 Å². The second kappa shape index (κ2) is 4.47. The van der Waals surface area contributed by atoms with Crippen molar-refractivity contribution in [3.05, 3.63) is 35.4 Å². The Morgan fingerprint density at radius 1 is 1.27 bits per heavy atom. The fourth-order valence-corrected chi connectivity index (χ4v) is 2.10. The van der Waals surface area contributed by atoms with Crippen LogP contribution in [0.5, 0.6) is 0 Å². The predicted octanol–water partition coefficient (Wildman–Crippen LogP) is 2.62. The van der Waals surface area contributed by atoms with Gasteiger partial charge >= 0.3 is 0 Å². The number of aliphatic imine (C=N–C) groups is 1. The van der Waals surface area contributed by atoms with Crippen LogP contribution in [0.4, 0.5) is 0 Å². The van der Waals surface area contributed by atoms with Crippen molar-refractivity contribution in [3.63, 3.8) is 0 Å². The Morgan fingerprint density at radius 2 is 2.00 bits per heavy atom. The summed E-state index contributed by atoms with van der Waals surface area (Å²) in [5.41, 5.74) is 8.56. The van der Waals surface area contributed by atoms with E-state index in [1.54, 1.807) is 0 Å². The number of benzene rings is 1. The molecule has 1 atom stereocenters. The summed E-state index contributed by atoms with van der Waals surface area (Å²) < 4.78 is 0. The van der Waals surface area contributed by atoms with Crippen molar-refractivity contribution in [2.45, 2.75) is 32.1 Å². The molecule has 0 bridgehead atoms. The molecule has 0 spiro atoms. The molecule has 0 radical (unpaired) electrons. The Bertz CT molecular complexity index is 351. The van der Waals surface area contributed by atoms with Crippen LogP contribution in [0.3, 0.4) is 0 Å². The van der Waals surface area contributed by atoms with Crippen LogP contribution in [0, 0.1) is 6.92 Å². The third kappa shape index (κ3) is 2.58. The van der Waals surface area contributed by atoms with E-state index in [9.17, 15) is 0 Å². The summed E-state index contributed by atoms with van der Waals surface area (Å²) in [4.78, 5) is 4.31. The number of rotatable bonds is 1. The minimum Gasteiger partial charge on any atom is -0.387 e. The van der Waals surface area contributed by atoms with Crippen LogP contribution in [-0.4, -0.2) is 12.4 Å². The van der Waals surface area contributed by atoms with Crippen molar-refractivity contribution in [3.8, 4) is 0 Å². The van der Waals surface area contributed by atoms with Crippen LogP contribution in [0.2, 0.25) is 0 Å². The minimum absolute atomic E-state index is 0.567. The van der Waals surface area contributed by atoms with Gasteiger partial charge in [0.1, 0.15) is 0 Å². The van der Waals surface area contributed by atoms with E-state index < -0.39 is 0 Å². The van der Waals surface area contributed by atoms with Gasteiger partial charge in [-0.3, -0.25) is 4.99 Å². The average Bonchev–Trinajstić information content (AvgIpc) is 2.44. The summed E-state index contributed by atoms with van der Waals surface area (Å²) >= 11 is 0. The molecule has 1 aliphatic rings. The first kappa shape index (κ1) is 10.2. The first-order valence-corrected chi connectivity index (χ1v) is 5.61. The van der Waals surface area contributed by atoms with Gasteiger partial charge in [-0.25, -0.2) is 0 Å². The third-order valence-electron chi connectivity index (χ3n) is 3.03. The van der Waals surface area contributed by atoms with Gasteiger partial charge in [-0.05, 0) is 31.2 Å². The van der Waals surface area contributed by atoms with Crippen LogP contribution in [0.1, 0.15) is 36.3 Å². The molecule has 0 saturated carbocycles. The number of aryl methyl sites for hydroxylation is 1. The van der Waals surface area contributed by atoms with E-state index in [-0.39, 0.29) is 0 Å². The van der Waals surface area contributed by atoms with Gasteiger partial charge in [0.05, 0.1) is 5.84 Å². The standard InChI is InChI=1S/C13H18N2/c1-10-4-6-11(7-5-10)12-3-2-8-15-13(14)9-12/h4-7,12H,2-3,8-9H2,1H3,(H2,14,15). The molecule has 80 valence electrons. The Morgan fingerprint density at radius 3 is 2.73 bits per heavy atom. The number of amidine groups is 1.